The molecular weight excluding hydrogens is 394 g/mol. The van der Waals surface area contributed by atoms with Crippen molar-refractivity contribution in [2.75, 3.05) is 7.11 Å². The molecule has 130 valence electrons. The summed E-state index contributed by atoms with van der Waals surface area (Å²) in [5, 5.41) is 18.5. The number of benzene rings is 3. The summed E-state index contributed by atoms with van der Waals surface area (Å²) in [5.74, 6) is 0.435. The van der Waals surface area contributed by atoms with E-state index >= 15 is 0 Å². The number of ether oxygens (including phenoxy) is 1. The van der Waals surface area contributed by atoms with Crippen molar-refractivity contribution in [2.45, 2.75) is 0 Å². The topological polar surface area (TPSA) is 66.5 Å². The molecule has 0 aliphatic carbocycles. The molecule has 0 aromatic heterocycles. The standard InChI is InChI=1S/C20H16BrN3O2/c1-26-19-12-15(21)11-14(20(19)25)13-22-16-7-9-18(10-8-16)24-23-17-5-3-2-4-6-17/h2-13,25H,1H3. The second kappa shape index (κ2) is 8.40. The molecule has 3 aromatic carbocycles. The average molecular weight is 410 g/mol. The Morgan fingerprint density at radius 1 is 0.885 bits per heavy atom. The molecule has 0 saturated heterocycles. The first-order valence-corrected chi connectivity index (χ1v) is 8.62. The monoisotopic (exact) mass is 409 g/mol. The number of hydrogen-bond acceptors (Lipinski definition) is 5. The van der Waals surface area contributed by atoms with Crippen molar-refractivity contribution in [1.29, 1.82) is 0 Å². The van der Waals surface area contributed by atoms with Crippen molar-refractivity contribution in [2.24, 2.45) is 15.2 Å². The van der Waals surface area contributed by atoms with E-state index in [1.807, 2.05) is 54.6 Å². The van der Waals surface area contributed by atoms with Crippen LogP contribution < -0.4 is 4.74 Å². The van der Waals surface area contributed by atoms with Crippen molar-refractivity contribution in [1.82, 2.24) is 0 Å². The van der Waals surface area contributed by atoms with Crippen LogP contribution in [0, 0.1) is 0 Å². The van der Waals surface area contributed by atoms with Crippen LogP contribution in [0.25, 0.3) is 0 Å². The van der Waals surface area contributed by atoms with E-state index in [0.29, 0.717) is 11.3 Å². The van der Waals surface area contributed by atoms with E-state index in [-0.39, 0.29) is 5.75 Å². The Hall–Kier alpha value is -2.99. The Kier molecular flexibility index (Phi) is 5.76. The third-order valence-corrected chi connectivity index (χ3v) is 3.99. The van der Waals surface area contributed by atoms with Gasteiger partial charge in [0.15, 0.2) is 11.5 Å². The summed E-state index contributed by atoms with van der Waals surface area (Å²) in [6.45, 7) is 0. The van der Waals surface area contributed by atoms with Gasteiger partial charge in [-0.25, -0.2) is 0 Å². The van der Waals surface area contributed by atoms with Gasteiger partial charge < -0.3 is 9.84 Å². The van der Waals surface area contributed by atoms with Crippen molar-refractivity contribution >= 4 is 39.2 Å². The van der Waals surface area contributed by atoms with Gasteiger partial charge >= 0.3 is 0 Å². The van der Waals surface area contributed by atoms with Crippen molar-refractivity contribution in [3.05, 3.63) is 76.8 Å². The van der Waals surface area contributed by atoms with E-state index in [0.717, 1.165) is 21.5 Å². The number of phenols is 1. The van der Waals surface area contributed by atoms with E-state index in [1.165, 1.54) is 7.11 Å². The summed E-state index contributed by atoms with van der Waals surface area (Å²) in [4.78, 5) is 4.38. The minimum atomic E-state index is 0.0488. The van der Waals surface area contributed by atoms with Crippen molar-refractivity contribution in [3.8, 4) is 11.5 Å². The smallest absolute Gasteiger partial charge is 0.166 e. The van der Waals surface area contributed by atoms with Gasteiger partial charge in [0, 0.05) is 16.3 Å². The number of nitrogens with zero attached hydrogens (tertiary/aromatic N) is 3. The molecule has 0 amide bonds. The summed E-state index contributed by atoms with van der Waals surface area (Å²) < 4.78 is 5.93. The Morgan fingerprint density at radius 3 is 2.15 bits per heavy atom. The van der Waals surface area contributed by atoms with Gasteiger partial charge in [0.05, 0.1) is 24.2 Å². The summed E-state index contributed by atoms with van der Waals surface area (Å²) >= 11 is 3.38. The number of methoxy groups -OCH3 is 1. The van der Waals surface area contributed by atoms with E-state index in [9.17, 15) is 5.11 Å². The fourth-order valence-electron chi connectivity index (χ4n) is 2.21. The van der Waals surface area contributed by atoms with Gasteiger partial charge in [-0.05, 0) is 48.5 Å². The lowest BCUT2D eigenvalue weighted by atomic mass is 10.2. The molecule has 5 nitrogen and oxygen atoms in total. The first kappa shape index (κ1) is 17.8. The average Bonchev–Trinajstić information content (AvgIpc) is 2.68. The predicted molar refractivity (Wildman–Crippen MR) is 107 cm³/mol. The van der Waals surface area contributed by atoms with E-state index in [1.54, 1.807) is 18.3 Å². The molecule has 0 saturated carbocycles. The number of phenolic OH excluding ortho intramolecular Hbond substituents is 1. The van der Waals surface area contributed by atoms with Gasteiger partial charge in [-0.15, -0.1) is 0 Å². The Morgan fingerprint density at radius 2 is 1.50 bits per heavy atom. The maximum absolute atomic E-state index is 10.1. The van der Waals surface area contributed by atoms with E-state index in [2.05, 4.69) is 31.2 Å². The highest BCUT2D eigenvalue weighted by atomic mass is 79.9. The highest BCUT2D eigenvalue weighted by molar-refractivity contribution is 9.10. The molecular formula is C20H16BrN3O2. The molecule has 0 aliphatic heterocycles. The van der Waals surface area contributed by atoms with Gasteiger partial charge in [0.2, 0.25) is 0 Å². The fraction of sp³-hybridized carbons (Fsp3) is 0.0500. The zero-order chi connectivity index (χ0) is 18.4. The minimum absolute atomic E-state index is 0.0488. The molecule has 1 N–H and O–H groups in total. The van der Waals surface area contributed by atoms with Gasteiger partial charge in [-0.3, -0.25) is 4.99 Å². The Labute approximate surface area is 159 Å². The highest BCUT2D eigenvalue weighted by Crippen LogP contribution is 2.33. The summed E-state index contributed by atoms with van der Waals surface area (Å²) in [5.41, 5.74) is 2.83. The number of halogens is 1. The molecule has 0 unspecified atom stereocenters. The molecule has 0 atom stereocenters. The zero-order valence-electron chi connectivity index (χ0n) is 14.0. The quantitative estimate of drug-likeness (QED) is 0.395. The number of rotatable bonds is 5. The third kappa shape index (κ3) is 4.55. The number of azo groups is 1. The molecule has 0 bridgehead atoms. The van der Waals surface area contributed by atoms with Crippen molar-refractivity contribution in [3.63, 3.8) is 0 Å². The zero-order valence-corrected chi connectivity index (χ0v) is 15.6. The minimum Gasteiger partial charge on any atom is -0.504 e. The number of hydrogen-bond donors (Lipinski definition) is 1. The molecule has 0 aliphatic rings. The predicted octanol–water partition coefficient (Wildman–Crippen LogP) is 6.33. The van der Waals surface area contributed by atoms with Gasteiger partial charge in [0.25, 0.3) is 0 Å². The van der Waals surface area contributed by atoms with Crippen LogP contribution in [0.15, 0.2) is 86.4 Å². The van der Waals surface area contributed by atoms with Crippen LogP contribution in [-0.2, 0) is 0 Å². The van der Waals surface area contributed by atoms with Gasteiger partial charge in [-0.1, -0.05) is 34.1 Å². The fourth-order valence-corrected chi connectivity index (χ4v) is 2.66. The molecule has 0 radical (unpaired) electrons. The third-order valence-electron chi connectivity index (χ3n) is 3.53. The lowest BCUT2D eigenvalue weighted by Crippen LogP contribution is -1.89. The molecule has 3 rings (SSSR count). The largest absolute Gasteiger partial charge is 0.504 e. The van der Waals surface area contributed by atoms with Crippen molar-refractivity contribution < 1.29 is 9.84 Å². The molecule has 0 fully saturated rings. The SMILES string of the molecule is COc1cc(Br)cc(C=Nc2ccc(N=Nc3ccccc3)cc2)c1O. The first-order chi connectivity index (χ1) is 12.7. The lowest BCUT2D eigenvalue weighted by Gasteiger charge is -2.06. The molecule has 6 heteroatoms. The van der Waals surface area contributed by atoms with Crippen LogP contribution in [0.2, 0.25) is 0 Å². The highest BCUT2D eigenvalue weighted by Gasteiger charge is 2.08. The van der Waals surface area contributed by atoms with Crippen LogP contribution in [-0.4, -0.2) is 18.4 Å². The Bertz CT molecular complexity index is 939. The normalized spacial score (nSPS) is 11.3. The van der Waals surface area contributed by atoms with E-state index in [4.69, 9.17) is 4.74 Å². The second-order valence-electron chi connectivity index (χ2n) is 5.36. The van der Waals surface area contributed by atoms with E-state index < -0.39 is 0 Å². The maximum Gasteiger partial charge on any atom is 0.166 e. The summed E-state index contributed by atoms with van der Waals surface area (Å²) in [6.07, 6.45) is 1.59. The van der Waals surface area contributed by atoms with Crippen LogP contribution in [0.1, 0.15) is 5.56 Å². The maximum atomic E-state index is 10.1. The molecule has 0 spiro atoms. The lowest BCUT2D eigenvalue weighted by molar-refractivity contribution is 0.373. The number of aliphatic imine (C=N–C) groups is 1. The molecule has 3 aromatic rings. The summed E-state index contributed by atoms with van der Waals surface area (Å²) in [7, 11) is 1.51. The van der Waals surface area contributed by atoms with Gasteiger partial charge in [-0.2, -0.15) is 10.2 Å². The van der Waals surface area contributed by atoms with Crippen LogP contribution in [0.3, 0.4) is 0 Å². The second-order valence-corrected chi connectivity index (χ2v) is 6.27. The van der Waals surface area contributed by atoms with Crippen LogP contribution in [0.5, 0.6) is 11.5 Å². The van der Waals surface area contributed by atoms with Crippen LogP contribution in [0.4, 0.5) is 17.1 Å². The molecule has 26 heavy (non-hydrogen) atoms. The summed E-state index contributed by atoms with van der Waals surface area (Å²) in [6, 6.07) is 20.3. The Balaban J connectivity index is 1.74. The van der Waals surface area contributed by atoms with Gasteiger partial charge in [0.1, 0.15) is 0 Å². The van der Waals surface area contributed by atoms with Crippen LogP contribution >= 0.6 is 15.9 Å². The number of aromatic hydroxyl groups is 1. The first-order valence-electron chi connectivity index (χ1n) is 7.83. The molecule has 0 heterocycles.